The van der Waals surface area contributed by atoms with Gasteiger partial charge in [0.2, 0.25) is 11.8 Å². The first-order chi connectivity index (χ1) is 14.5. The molecule has 0 saturated carbocycles. The first-order valence-electron chi connectivity index (χ1n) is 9.37. The van der Waals surface area contributed by atoms with Crippen molar-refractivity contribution < 1.29 is 19.1 Å². The maximum Gasteiger partial charge on any atom is 0.323 e. The molecule has 2 fully saturated rings. The molecule has 2 aromatic rings. The first kappa shape index (κ1) is 20.5. The van der Waals surface area contributed by atoms with Crippen LogP contribution in [0.4, 0.5) is 15.6 Å². The molecule has 2 aliphatic heterocycles. The molecule has 1 unspecified atom stereocenters. The molecule has 1 aromatic heterocycles. The number of ether oxygens (including phenoxy) is 1. The number of methoxy groups -OCH3 is 1. The highest BCUT2D eigenvalue weighted by Gasteiger charge is 2.35. The number of nitrogens with one attached hydrogen (secondary N) is 2. The summed E-state index contributed by atoms with van der Waals surface area (Å²) in [6.45, 7) is 1.15. The number of urea groups is 1. The number of aromatic nitrogens is 1. The quantitative estimate of drug-likeness (QED) is 0.700. The van der Waals surface area contributed by atoms with E-state index in [2.05, 4.69) is 15.6 Å². The van der Waals surface area contributed by atoms with Gasteiger partial charge in [-0.2, -0.15) is 0 Å². The van der Waals surface area contributed by atoms with E-state index in [-0.39, 0.29) is 24.3 Å². The maximum absolute atomic E-state index is 12.8. The van der Waals surface area contributed by atoms with Crippen LogP contribution in [0.1, 0.15) is 5.69 Å². The van der Waals surface area contributed by atoms with Gasteiger partial charge in [0.15, 0.2) is 5.13 Å². The number of anilines is 2. The van der Waals surface area contributed by atoms with E-state index in [0.29, 0.717) is 47.0 Å². The Morgan fingerprint density at radius 3 is 2.83 bits per heavy atom. The molecular weight excluding hydrogens is 426 g/mol. The average Bonchev–Trinajstić information content (AvgIpc) is 3.49. The molecule has 1 aromatic carbocycles. The van der Waals surface area contributed by atoms with Crippen molar-refractivity contribution in [1.82, 2.24) is 15.2 Å². The van der Waals surface area contributed by atoms with Gasteiger partial charge in [0.25, 0.3) is 0 Å². The third kappa shape index (κ3) is 4.36. The van der Waals surface area contributed by atoms with Crippen LogP contribution in [0, 0.1) is 0 Å². The van der Waals surface area contributed by atoms with Crippen molar-refractivity contribution in [3.63, 3.8) is 0 Å². The molecule has 0 spiro atoms. The normalized spacial score (nSPS) is 18.4. The predicted octanol–water partition coefficient (Wildman–Crippen LogP) is 1.76. The van der Waals surface area contributed by atoms with Crippen LogP contribution >= 0.6 is 23.1 Å². The van der Waals surface area contributed by atoms with Crippen LogP contribution in [0.2, 0.25) is 0 Å². The molecule has 1 atom stereocenters. The Morgan fingerprint density at radius 2 is 2.13 bits per heavy atom. The number of nitrogens with zero attached hydrogens (tertiary/aromatic N) is 3. The predicted molar refractivity (Wildman–Crippen MR) is 116 cm³/mol. The van der Waals surface area contributed by atoms with Gasteiger partial charge in [-0.3, -0.25) is 14.5 Å². The Hall–Kier alpha value is -2.79. The van der Waals surface area contributed by atoms with Crippen molar-refractivity contribution in [3.05, 3.63) is 35.3 Å². The topological polar surface area (TPSA) is 104 Å². The van der Waals surface area contributed by atoms with Gasteiger partial charge in [-0.15, -0.1) is 23.1 Å². The van der Waals surface area contributed by atoms with E-state index in [9.17, 15) is 14.4 Å². The van der Waals surface area contributed by atoms with Gasteiger partial charge < -0.3 is 20.3 Å². The summed E-state index contributed by atoms with van der Waals surface area (Å²) in [6, 6.07) is 6.35. The summed E-state index contributed by atoms with van der Waals surface area (Å²) in [5, 5.41) is 7.96. The molecule has 4 amide bonds. The molecule has 3 heterocycles. The van der Waals surface area contributed by atoms with Crippen LogP contribution in [0.5, 0.6) is 5.75 Å². The lowest BCUT2D eigenvalue weighted by atomic mass is 10.2. The van der Waals surface area contributed by atoms with Crippen molar-refractivity contribution in [1.29, 1.82) is 0 Å². The van der Waals surface area contributed by atoms with Gasteiger partial charge in [0.1, 0.15) is 11.8 Å². The van der Waals surface area contributed by atoms with Crippen LogP contribution in [-0.4, -0.2) is 65.6 Å². The molecule has 2 saturated heterocycles. The minimum absolute atomic E-state index is 0.0961. The number of carbonyl (C=O) groups excluding carboxylic acids is 3. The molecule has 4 rings (SSSR count). The number of thioether (sulfide) groups is 1. The number of amides is 4. The van der Waals surface area contributed by atoms with E-state index in [4.69, 9.17) is 4.74 Å². The highest BCUT2D eigenvalue weighted by Crippen LogP contribution is 2.26. The lowest BCUT2D eigenvalue weighted by Gasteiger charge is -2.23. The summed E-state index contributed by atoms with van der Waals surface area (Å²) in [4.78, 5) is 44.9. The van der Waals surface area contributed by atoms with E-state index < -0.39 is 6.04 Å². The van der Waals surface area contributed by atoms with Crippen molar-refractivity contribution in [2.24, 2.45) is 0 Å². The molecule has 2 N–H and O–H groups in total. The average molecular weight is 448 g/mol. The third-order valence-electron chi connectivity index (χ3n) is 4.82. The van der Waals surface area contributed by atoms with Crippen molar-refractivity contribution in [3.8, 4) is 5.75 Å². The molecule has 11 heteroatoms. The Balaban J connectivity index is 1.37. The minimum atomic E-state index is -0.535. The Labute approximate surface area is 181 Å². The fraction of sp³-hybridized carbons (Fsp3) is 0.368. The molecule has 2 aliphatic rings. The third-order valence-corrected chi connectivity index (χ3v) is 6.75. The number of hydrogen-bond acceptors (Lipinski definition) is 7. The van der Waals surface area contributed by atoms with Gasteiger partial charge in [0, 0.05) is 29.9 Å². The zero-order chi connectivity index (χ0) is 21.1. The fourth-order valence-electron chi connectivity index (χ4n) is 3.22. The summed E-state index contributed by atoms with van der Waals surface area (Å²) >= 11 is 2.88. The van der Waals surface area contributed by atoms with E-state index >= 15 is 0 Å². The van der Waals surface area contributed by atoms with Crippen molar-refractivity contribution >= 4 is 51.8 Å². The lowest BCUT2D eigenvalue weighted by molar-refractivity contribution is -0.135. The number of rotatable bonds is 6. The van der Waals surface area contributed by atoms with Crippen LogP contribution in [0.3, 0.4) is 0 Å². The number of thiazole rings is 1. The number of carbonyl (C=O) groups is 3. The standard InChI is InChI=1S/C19H21N5O4S2/c1-28-14-4-2-12(3-5-14)21-17(26)15-10-29-11-24(15)16(25)8-13-9-30-19(22-13)23-7-6-20-18(23)27/h2-5,9,15H,6-8,10-11H2,1H3,(H,20,27)(H,21,26). The van der Waals surface area contributed by atoms with Crippen molar-refractivity contribution in [2.45, 2.75) is 12.5 Å². The van der Waals surface area contributed by atoms with Crippen LogP contribution < -0.4 is 20.3 Å². The SMILES string of the molecule is COc1ccc(NC(=O)C2CSCN2C(=O)Cc2csc(N3CCNC3=O)n2)cc1. The van der Waals surface area contributed by atoms with Gasteiger partial charge in [0.05, 0.1) is 25.1 Å². The molecule has 0 bridgehead atoms. The van der Waals surface area contributed by atoms with E-state index in [1.165, 1.54) is 11.3 Å². The van der Waals surface area contributed by atoms with Crippen molar-refractivity contribution in [2.75, 3.05) is 42.0 Å². The summed E-state index contributed by atoms with van der Waals surface area (Å²) in [7, 11) is 1.58. The maximum atomic E-state index is 12.8. The van der Waals surface area contributed by atoms with E-state index in [1.807, 2.05) is 0 Å². The molecule has 30 heavy (non-hydrogen) atoms. The van der Waals surface area contributed by atoms with Crippen LogP contribution in [-0.2, 0) is 16.0 Å². The monoisotopic (exact) mass is 447 g/mol. The summed E-state index contributed by atoms with van der Waals surface area (Å²) in [5.74, 6) is 1.34. The highest BCUT2D eigenvalue weighted by molar-refractivity contribution is 7.99. The minimum Gasteiger partial charge on any atom is -0.497 e. The number of benzene rings is 1. The van der Waals surface area contributed by atoms with Gasteiger partial charge in [-0.1, -0.05) is 0 Å². The molecule has 9 nitrogen and oxygen atoms in total. The van der Waals surface area contributed by atoms with E-state index in [0.717, 1.165) is 0 Å². The second kappa shape index (κ2) is 8.92. The zero-order valence-corrected chi connectivity index (χ0v) is 17.9. The van der Waals surface area contributed by atoms with E-state index in [1.54, 1.807) is 58.3 Å². The Morgan fingerprint density at radius 1 is 1.33 bits per heavy atom. The Bertz CT molecular complexity index is 949. The fourth-order valence-corrected chi connectivity index (χ4v) is 5.25. The second-order valence-electron chi connectivity index (χ2n) is 6.78. The Kier molecular flexibility index (Phi) is 6.09. The molecule has 0 radical (unpaired) electrons. The summed E-state index contributed by atoms with van der Waals surface area (Å²) in [6.07, 6.45) is 0.0961. The highest BCUT2D eigenvalue weighted by atomic mass is 32.2. The molecule has 0 aliphatic carbocycles. The molecular formula is C19H21N5O4S2. The summed E-state index contributed by atoms with van der Waals surface area (Å²) in [5.41, 5.74) is 1.25. The smallest absolute Gasteiger partial charge is 0.323 e. The van der Waals surface area contributed by atoms with Crippen LogP contribution in [0.25, 0.3) is 0 Å². The molecule has 158 valence electrons. The van der Waals surface area contributed by atoms with Gasteiger partial charge in [-0.25, -0.2) is 9.78 Å². The van der Waals surface area contributed by atoms with Gasteiger partial charge >= 0.3 is 6.03 Å². The second-order valence-corrected chi connectivity index (χ2v) is 8.62. The summed E-state index contributed by atoms with van der Waals surface area (Å²) < 4.78 is 5.12. The largest absolute Gasteiger partial charge is 0.497 e. The number of hydrogen-bond donors (Lipinski definition) is 2. The first-order valence-corrected chi connectivity index (χ1v) is 11.4. The van der Waals surface area contributed by atoms with Crippen LogP contribution in [0.15, 0.2) is 29.6 Å². The van der Waals surface area contributed by atoms with Gasteiger partial charge in [-0.05, 0) is 24.3 Å². The zero-order valence-electron chi connectivity index (χ0n) is 16.3. The lowest BCUT2D eigenvalue weighted by Crippen LogP contribution is -2.45.